The molecule has 1 aromatic heterocycles. The second kappa shape index (κ2) is 5.07. The molecule has 98 valence electrons. The Kier molecular flexibility index (Phi) is 3.68. The quantitative estimate of drug-likeness (QED) is 0.836. The molecule has 2 aromatic rings. The maximum atomic E-state index is 11.4. The first-order valence-electron chi connectivity index (χ1n) is 5.81. The molecule has 0 radical (unpaired) electrons. The predicted octanol–water partition coefficient (Wildman–Crippen LogP) is 1.73. The van der Waals surface area contributed by atoms with Gasteiger partial charge in [0.25, 0.3) is 0 Å². The van der Waals surface area contributed by atoms with E-state index in [1.165, 1.54) is 18.4 Å². The van der Waals surface area contributed by atoms with Crippen molar-refractivity contribution in [2.24, 2.45) is 0 Å². The van der Waals surface area contributed by atoms with Gasteiger partial charge in [-0.15, -0.1) is 0 Å². The fourth-order valence-corrected chi connectivity index (χ4v) is 2.27. The van der Waals surface area contributed by atoms with Gasteiger partial charge >= 0.3 is 0 Å². The van der Waals surface area contributed by atoms with Crippen molar-refractivity contribution in [1.29, 1.82) is 0 Å². The lowest BCUT2D eigenvalue weighted by atomic mass is 10.3. The number of hydrogen-bond donors (Lipinski definition) is 1. The van der Waals surface area contributed by atoms with Crippen LogP contribution in [-0.2, 0) is 16.4 Å². The Morgan fingerprint density at radius 3 is 2.83 bits per heavy atom. The highest BCUT2D eigenvalue weighted by molar-refractivity contribution is 7.90. The first-order chi connectivity index (χ1) is 8.50. The smallest absolute Gasteiger partial charge is 0.209 e. The molecule has 0 spiro atoms. The van der Waals surface area contributed by atoms with Crippen molar-refractivity contribution < 1.29 is 12.8 Å². The van der Waals surface area contributed by atoms with Gasteiger partial charge in [-0.25, -0.2) is 13.4 Å². The summed E-state index contributed by atoms with van der Waals surface area (Å²) >= 11 is 0. The Labute approximate surface area is 106 Å². The van der Waals surface area contributed by atoms with Crippen LogP contribution in [0.3, 0.4) is 0 Å². The van der Waals surface area contributed by atoms with Gasteiger partial charge in [-0.1, -0.05) is 6.92 Å². The minimum atomic E-state index is -3.20. The van der Waals surface area contributed by atoms with Crippen molar-refractivity contribution in [1.82, 2.24) is 10.3 Å². The van der Waals surface area contributed by atoms with Gasteiger partial charge in [-0.2, -0.15) is 0 Å². The van der Waals surface area contributed by atoms with Crippen molar-refractivity contribution in [2.45, 2.75) is 24.8 Å². The summed E-state index contributed by atoms with van der Waals surface area (Å²) in [6, 6.07) is 4.71. The molecule has 1 heterocycles. The molecule has 0 unspecified atom stereocenters. The Bertz CT molecular complexity index is 646. The molecule has 0 aliphatic heterocycles. The lowest BCUT2D eigenvalue weighted by Crippen LogP contribution is -2.13. The van der Waals surface area contributed by atoms with E-state index in [0.717, 1.165) is 13.0 Å². The molecule has 5 nitrogen and oxygen atoms in total. The average Bonchev–Trinajstić information content (AvgIpc) is 2.69. The van der Waals surface area contributed by atoms with Gasteiger partial charge in [0.05, 0.1) is 11.4 Å². The van der Waals surface area contributed by atoms with E-state index in [2.05, 4.69) is 17.2 Å². The van der Waals surface area contributed by atoms with E-state index in [1.54, 1.807) is 6.07 Å². The fraction of sp³-hybridized carbons (Fsp3) is 0.417. The zero-order valence-electron chi connectivity index (χ0n) is 10.4. The summed E-state index contributed by atoms with van der Waals surface area (Å²) < 4.78 is 28.4. The van der Waals surface area contributed by atoms with Crippen molar-refractivity contribution >= 4 is 20.9 Å². The number of nitrogens with zero attached hydrogens (tertiary/aromatic N) is 1. The van der Waals surface area contributed by atoms with Crippen molar-refractivity contribution in [3.8, 4) is 0 Å². The first-order valence-corrected chi connectivity index (χ1v) is 7.70. The van der Waals surface area contributed by atoms with Crippen LogP contribution in [0.2, 0.25) is 0 Å². The molecule has 0 fully saturated rings. The summed E-state index contributed by atoms with van der Waals surface area (Å²) in [6.45, 7) is 3.53. The van der Waals surface area contributed by atoms with Gasteiger partial charge in [-0.3, -0.25) is 0 Å². The summed E-state index contributed by atoms with van der Waals surface area (Å²) in [5.41, 5.74) is 1.18. The summed E-state index contributed by atoms with van der Waals surface area (Å²) in [5, 5.41) is 3.18. The average molecular weight is 268 g/mol. The molecule has 0 aliphatic carbocycles. The van der Waals surface area contributed by atoms with E-state index < -0.39 is 9.84 Å². The van der Waals surface area contributed by atoms with Crippen molar-refractivity contribution in [3.63, 3.8) is 0 Å². The summed E-state index contributed by atoms with van der Waals surface area (Å²) in [5.74, 6) is 0.573. The standard InChI is InChI=1S/C12H16N2O3S/c1-3-6-13-8-12-14-10-7-9(18(2,15)16)4-5-11(10)17-12/h4-5,7,13H,3,6,8H2,1-2H3. The monoisotopic (exact) mass is 268 g/mol. The highest BCUT2D eigenvalue weighted by Crippen LogP contribution is 2.19. The molecule has 1 aromatic carbocycles. The number of hydrogen-bond acceptors (Lipinski definition) is 5. The molecule has 6 heteroatoms. The van der Waals surface area contributed by atoms with E-state index in [1.807, 2.05) is 0 Å². The maximum absolute atomic E-state index is 11.4. The summed E-state index contributed by atoms with van der Waals surface area (Å²) in [7, 11) is -3.20. The van der Waals surface area contributed by atoms with Crippen molar-refractivity contribution in [2.75, 3.05) is 12.8 Å². The first kappa shape index (κ1) is 13.0. The number of benzene rings is 1. The van der Waals surface area contributed by atoms with E-state index in [-0.39, 0.29) is 4.90 Å². The number of aromatic nitrogens is 1. The molecule has 0 atom stereocenters. The van der Waals surface area contributed by atoms with Gasteiger partial charge in [-0.05, 0) is 31.2 Å². The molecular formula is C12H16N2O3S. The van der Waals surface area contributed by atoms with Crippen LogP contribution in [0, 0.1) is 0 Å². The van der Waals surface area contributed by atoms with Crippen LogP contribution in [0.4, 0.5) is 0 Å². The third kappa shape index (κ3) is 2.88. The molecule has 0 saturated heterocycles. The molecule has 0 bridgehead atoms. The number of fused-ring (bicyclic) bond motifs is 1. The van der Waals surface area contributed by atoms with Crippen LogP contribution in [0.25, 0.3) is 11.1 Å². The molecule has 0 saturated carbocycles. The SMILES string of the molecule is CCCNCc1nc2cc(S(C)(=O)=O)ccc2o1. The molecule has 1 N–H and O–H groups in total. The fourth-order valence-electron chi connectivity index (χ4n) is 1.63. The van der Waals surface area contributed by atoms with Gasteiger partial charge in [0.15, 0.2) is 15.4 Å². The second-order valence-electron chi connectivity index (χ2n) is 4.19. The topological polar surface area (TPSA) is 72.2 Å². The van der Waals surface area contributed by atoms with Gasteiger partial charge in [0.1, 0.15) is 5.52 Å². The number of rotatable bonds is 5. The minimum absolute atomic E-state index is 0.261. The number of sulfone groups is 1. The molecule has 2 rings (SSSR count). The van der Waals surface area contributed by atoms with Crippen LogP contribution in [0.5, 0.6) is 0 Å². The summed E-state index contributed by atoms with van der Waals surface area (Å²) in [6.07, 6.45) is 2.22. The predicted molar refractivity (Wildman–Crippen MR) is 69.1 cm³/mol. The molecular weight excluding hydrogens is 252 g/mol. The van der Waals surface area contributed by atoms with Gasteiger partial charge in [0, 0.05) is 6.26 Å². The lowest BCUT2D eigenvalue weighted by Gasteiger charge is -1.96. The van der Waals surface area contributed by atoms with Gasteiger partial charge in [0.2, 0.25) is 5.89 Å². The van der Waals surface area contributed by atoms with E-state index in [0.29, 0.717) is 23.5 Å². The largest absolute Gasteiger partial charge is 0.439 e. The lowest BCUT2D eigenvalue weighted by molar-refractivity contribution is 0.495. The highest BCUT2D eigenvalue weighted by atomic mass is 32.2. The number of oxazole rings is 1. The highest BCUT2D eigenvalue weighted by Gasteiger charge is 2.11. The third-order valence-corrected chi connectivity index (χ3v) is 3.64. The zero-order valence-corrected chi connectivity index (χ0v) is 11.3. The normalized spacial score (nSPS) is 12.1. The Hall–Kier alpha value is -1.40. The maximum Gasteiger partial charge on any atom is 0.209 e. The van der Waals surface area contributed by atoms with Gasteiger partial charge < -0.3 is 9.73 Å². The molecule has 18 heavy (non-hydrogen) atoms. The van der Waals surface area contributed by atoms with E-state index >= 15 is 0 Å². The van der Waals surface area contributed by atoms with E-state index in [4.69, 9.17) is 4.42 Å². The Morgan fingerprint density at radius 1 is 1.39 bits per heavy atom. The van der Waals surface area contributed by atoms with Crippen LogP contribution in [0.1, 0.15) is 19.2 Å². The van der Waals surface area contributed by atoms with Crippen LogP contribution in [0.15, 0.2) is 27.5 Å². The van der Waals surface area contributed by atoms with Crippen LogP contribution < -0.4 is 5.32 Å². The van der Waals surface area contributed by atoms with Crippen LogP contribution in [-0.4, -0.2) is 26.2 Å². The zero-order chi connectivity index (χ0) is 13.2. The minimum Gasteiger partial charge on any atom is -0.439 e. The summed E-state index contributed by atoms with van der Waals surface area (Å²) in [4.78, 5) is 4.53. The Balaban J connectivity index is 2.28. The van der Waals surface area contributed by atoms with Crippen LogP contribution >= 0.6 is 0 Å². The second-order valence-corrected chi connectivity index (χ2v) is 6.20. The van der Waals surface area contributed by atoms with E-state index in [9.17, 15) is 8.42 Å². The molecule has 0 amide bonds. The molecule has 0 aliphatic rings. The Morgan fingerprint density at radius 2 is 2.17 bits per heavy atom. The third-order valence-electron chi connectivity index (χ3n) is 2.53. The van der Waals surface area contributed by atoms with Crippen molar-refractivity contribution in [3.05, 3.63) is 24.1 Å². The number of nitrogens with one attached hydrogen (secondary N) is 1.